The van der Waals surface area contributed by atoms with Gasteiger partial charge in [-0.05, 0) is 37.8 Å². The minimum absolute atomic E-state index is 0.0432. The van der Waals surface area contributed by atoms with Crippen LogP contribution in [-0.2, 0) is 11.0 Å². The summed E-state index contributed by atoms with van der Waals surface area (Å²) in [5.41, 5.74) is 0.383. The van der Waals surface area contributed by atoms with E-state index in [9.17, 15) is 18.0 Å². The molecule has 0 aromatic carbocycles. The molecule has 1 aliphatic heterocycles. The molecular formula is C16H19F3N2O. The highest BCUT2D eigenvalue weighted by Gasteiger charge is 2.53. The third kappa shape index (κ3) is 2.48. The Balaban J connectivity index is 1.66. The van der Waals surface area contributed by atoms with Crippen LogP contribution in [0.4, 0.5) is 13.2 Å². The van der Waals surface area contributed by atoms with Crippen molar-refractivity contribution in [1.29, 1.82) is 0 Å². The number of pyridine rings is 1. The summed E-state index contributed by atoms with van der Waals surface area (Å²) in [6.45, 7) is 5.08. The van der Waals surface area contributed by atoms with Crippen LogP contribution < -0.4 is 0 Å². The predicted molar refractivity (Wildman–Crippen MR) is 75.2 cm³/mol. The molecule has 3 nitrogen and oxygen atoms in total. The Morgan fingerprint density at radius 2 is 2.00 bits per heavy atom. The van der Waals surface area contributed by atoms with Crippen molar-refractivity contribution in [1.82, 2.24) is 9.88 Å². The molecule has 22 heavy (non-hydrogen) atoms. The van der Waals surface area contributed by atoms with E-state index in [1.165, 1.54) is 13.0 Å². The van der Waals surface area contributed by atoms with Crippen LogP contribution in [0.1, 0.15) is 42.6 Å². The Bertz CT molecular complexity index is 586. The van der Waals surface area contributed by atoms with Crippen LogP contribution in [0.5, 0.6) is 0 Å². The van der Waals surface area contributed by atoms with E-state index in [2.05, 4.69) is 4.98 Å². The number of aryl methyl sites for hydroxylation is 1. The molecule has 6 heteroatoms. The van der Waals surface area contributed by atoms with Crippen LogP contribution in [0.2, 0.25) is 0 Å². The van der Waals surface area contributed by atoms with E-state index >= 15 is 0 Å². The number of likely N-dealkylation sites (tertiary alicyclic amines) is 1. The predicted octanol–water partition coefficient (Wildman–Crippen LogP) is 3.38. The zero-order chi connectivity index (χ0) is 16.1. The minimum Gasteiger partial charge on any atom is -0.344 e. The molecule has 2 fully saturated rings. The fourth-order valence-corrected chi connectivity index (χ4v) is 3.93. The van der Waals surface area contributed by atoms with Crippen molar-refractivity contribution in [3.8, 4) is 0 Å². The van der Waals surface area contributed by atoms with Gasteiger partial charge in [-0.1, -0.05) is 6.92 Å². The summed E-state index contributed by atoms with van der Waals surface area (Å²) in [6, 6.07) is 2.64. The molecule has 0 unspecified atom stereocenters. The first kappa shape index (κ1) is 15.3. The van der Waals surface area contributed by atoms with Gasteiger partial charge in [-0.25, -0.2) is 0 Å². The van der Waals surface area contributed by atoms with E-state index in [0.717, 1.165) is 44.1 Å². The van der Waals surface area contributed by atoms with Crippen molar-refractivity contribution in [3.63, 3.8) is 0 Å². The zero-order valence-electron chi connectivity index (χ0n) is 12.7. The number of aromatic nitrogens is 1. The first-order chi connectivity index (χ1) is 10.2. The summed E-state index contributed by atoms with van der Waals surface area (Å²) in [6.07, 6.45) is -1.41. The Morgan fingerprint density at radius 3 is 2.50 bits per heavy atom. The van der Waals surface area contributed by atoms with Gasteiger partial charge in [0.15, 0.2) is 0 Å². The molecule has 0 bridgehead atoms. The van der Waals surface area contributed by atoms with E-state index in [-0.39, 0.29) is 17.0 Å². The van der Waals surface area contributed by atoms with Gasteiger partial charge >= 0.3 is 6.18 Å². The summed E-state index contributed by atoms with van der Waals surface area (Å²) in [5.74, 6) is 0.592. The molecule has 120 valence electrons. The standard InChI is InChI=1S/C16H19F3N2O/c1-10(12-5-15(6-12)7-21(8-15)9-22)14-4-3-13(11(2)20-14)16(17,18)19/h3-4,9-10,12H,5-8H2,1-2H3/t10-/m0/s1. The summed E-state index contributed by atoms with van der Waals surface area (Å²) in [5, 5.41) is 0. The van der Waals surface area contributed by atoms with E-state index in [1.54, 1.807) is 4.90 Å². The number of hydrogen-bond donors (Lipinski definition) is 0. The molecular weight excluding hydrogens is 293 g/mol. The summed E-state index contributed by atoms with van der Waals surface area (Å²) in [7, 11) is 0. The summed E-state index contributed by atoms with van der Waals surface area (Å²) < 4.78 is 38.3. The van der Waals surface area contributed by atoms with E-state index in [4.69, 9.17) is 0 Å². The lowest BCUT2D eigenvalue weighted by Gasteiger charge is -2.59. The fourth-order valence-electron chi connectivity index (χ4n) is 3.93. The molecule has 2 heterocycles. The Labute approximate surface area is 127 Å². The van der Waals surface area contributed by atoms with Crippen molar-refractivity contribution in [2.75, 3.05) is 13.1 Å². The number of nitrogens with zero attached hydrogens (tertiary/aromatic N) is 2. The first-order valence-corrected chi connectivity index (χ1v) is 7.48. The van der Waals surface area contributed by atoms with Crippen LogP contribution in [0.3, 0.4) is 0 Å². The maximum atomic E-state index is 12.8. The van der Waals surface area contributed by atoms with Crippen LogP contribution >= 0.6 is 0 Å². The molecule has 1 spiro atoms. The lowest BCUT2D eigenvalue weighted by molar-refractivity contribution is -0.142. The molecule has 1 aromatic heterocycles. The topological polar surface area (TPSA) is 33.2 Å². The van der Waals surface area contributed by atoms with Crippen molar-refractivity contribution in [2.45, 2.75) is 38.8 Å². The second-order valence-electron chi connectivity index (χ2n) is 6.83. The van der Waals surface area contributed by atoms with E-state index in [1.807, 2.05) is 6.92 Å². The van der Waals surface area contributed by atoms with Crippen molar-refractivity contribution in [2.24, 2.45) is 11.3 Å². The highest BCUT2D eigenvalue weighted by molar-refractivity contribution is 5.49. The van der Waals surface area contributed by atoms with Gasteiger partial charge in [-0.2, -0.15) is 13.2 Å². The second kappa shape index (κ2) is 4.96. The highest BCUT2D eigenvalue weighted by atomic mass is 19.4. The Hall–Kier alpha value is -1.59. The number of amides is 1. The Kier molecular flexibility index (Phi) is 3.45. The van der Waals surface area contributed by atoms with Gasteiger partial charge in [-0.15, -0.1) is 0 Å². The average Bonchev–Trinajstić information content (AvgIpc) is 2.33. The second-order valence-corrected chi connectivity index (χ2v) is 6.83. The van der Waals surface area contributed by atoms with Crippen LogP contribution in [0, 0.1) is 18.3 Å². The third-order valence-electron chi connectivity index (χ3n) is 5.20. The minimum atomic E-state index is -4.34. The molecule has 0 radical (unpaired) electrons. The van der Waals surface area contributed by atoms with Gasteiger partial charge in [0.1, 0.15) is 0 Å². The van der Waals surface area contributed by atoms with Gasteiger partial charge in [0.05, 0.1) is 5.56 Å². The molecule has 0 N–H and O–H groups in total. The zero-order valence-corrected chi connectivity index (χ0v) is 12.7. The molecule has 1 aromatic rings. The maximum absolute atomic E-state index is 12.8. The van der Waals surface area contributed by atoms with E-state index in [0.29, 0.717) is 5.92 Å². The van der Waals surface area contributed by atoms with Crippen molar-refractivity contribution >= 4 is 6.41 Å². The number of rotatable bonds is 3. The monoisotopic (exact) mass is 312 g/mol. The molecule has 1 saturated carbocycles. The molecule has 1 saturated heterocycles. The maximum Gasteiger partial charge on any atom is 0.418 e. The van der Waals surface area contributed by atoms with Crippen molar-refractivity contribution < 1.29 is 18.0 Å². The van der Waals surface area contributed by atoms with Crippen LogP contribution in [0.15, 0.2) is 12.1 Å². The van der Waals surface area contributed by atoms with E-state index < -0.39 is 11.7 Å². The van der Waals surface area contributed by atoms with Gasteiger partial charge < -0.3 is 4.90 Å². The SMILES string of the molecule is Cc1nc([C@@H](C)C2CC3(C2)CN(C=O)C3)ccc1C(F)(F)F. The number of alkyl halides is 3. The lowest BCUT2D eigenvalue weighted by atomic mass is 9.54. The van der Waals surface area contributed by atoms with Gasteiger partial charge in [0.2, 0.25) is 6.41 Å². The fraction of sp³-hybridized carbons (Fsp3) is 0.625. The van der Waals surface area contributed by atoms with Gasteiger partial charge in [0, 0.05) is 35.8 Å². The van der Waals surface area contributed by atoms with Crippen LogP contribution in [0.25, 0.3) is 0 Å². The molecule has 3 rings (SSSR count). The largest absolute Gasteiger partial charge is 0.418 e. The smallest absolute Gasteiger partial charge is 0.344 e. The number of halogens is 3. The number of hydrogen-bond acceptors (Lipinski definition) is 2. The Morgan fingerprint density at radius 1 is 1.36 bits per heavy atom. The number of carbonyl (C=O) groups is 1. The van der Waals surface area contributed by atoms with Gasteiger partial charge in [-0.3, -0.25) is 9.78 Å². The van der Waals surface area contributed by atoms with Crippen molar-refractivity contribution in [3.05, 3.63) is 29.1 Å². The summed E-state index contributed by atoms with van der Waals surface area (Å²) >= 11 is 0. The quantitative estimate of drug-likeness (QED) is 0.802. The average molecular weight is 312 g/mol. The highest BCUT2D eigenvalue weighted by Crippen LogP contribution is 2.55. The molecule has 1 aliphatic carbocycles. The molecule has 1 amide bonds. The lowest BCUT2D eigenvalue weighted by Crippen LogP contribution is -2.62. The third-order valence-corrected chi connectivity index (χ3v) is 5.20. The normalized spacial score (nSPS) is 22.1. The summed E-state index contributed by atoms with van der Waals surface area (Å²) in [4.78, 5) is 16.6. The number of carbonyl (C=O) groups excluding carboxylic acids is 1. The molecule has 2 aliphatic rings. The molecule has 1 atom stereocenters. The first-order valence-electron chi connectivity index (χ1n) is 7.48. The van der Waals surface area contributed by atoms with Gasteiger partial charge in [0.25, 0.3) is 0 Å². The van der Waals surface area contributed by atoms with Crippen LogP contribution in [-0.4, -0.2) is 29.4 Å².